The highest BCUT2D eigenvalue weighted by Gasteiger charge is 2.25. The smallest absolute Gasteiger partial charge is 0.240 e. The summed E-state index contributed by atoms with van der Waals surface area (Å²) in [5.41, 5.74) is 6.20. The van der Waals surface area contributed by atoms with Crippen molar-refractivity contribution in [3.05, 3.63) is 24.3 Å². The number of hydrogen-bond acceptors (Lipinski definition) is 3. The van der Waals surface area contributed by atoms with Crippen LogP contribution in [-0.2, 0) is 4.79 Å². The van der Waals surface area contributed by atoms with Crippen LogP contribution < -0.4 is 15.4 Å². The lowest BCUT2D eigenvalue weighted by molar-refractivity contribution is -0.119. The molecule has 1 amide bonds. The molecule has 1 atom stereocenters. The molecule has 0 fully saturated rings. The predicted molar refractivity (Wildman–Crippen MR) is 56.8 cm³/mol. The third kappa shape index (κ3) is 1.75. The maximum Gasteiger partial charge on any atom is 0.240 e. The Labute approximate surface area is 88.6 Å². The van der Waals surface area contributed by atoms with Crippen molar-refractivity contribution in [2.24, 2.45) is 5.73 Å². The summed E-state index contributed by atoms with van der Waals surface area (Å²) in [6.07, 6.45) is 0.612. The third-order valence-corrected chi connectivity index (χ3v) is 2.63. The van der Waals surface area contributed by atoms with Crippen molar-refractivity contribution in [2.45, 2.75) is 12.5 Å². The molecule has 0 saturated heterocycles. The fourth-order valence-corrected chi connectivity index (χ4v) is 1.78. The van der Waals surface area contributed by atoms with E-state index in [2.05, 4.69) is 6.07 Å². The van der Waals surface area contributed by atoms with Crippen LogP contribution in [0.5, 0.6) is 5.75 Å². The fraction of sp³-hybridized carbons (Fsp3) is 0.364. The molecule has 0 saturated carbocycles. The average Bonchev–Trinajstić information content (AvgIpc) is 2.39. The van der Waals surface area contributed by atoms with E-state index in [4.69, 9.17) is 10.5 Å². The Balaban J connectivity index is 2.38. The first-order chi connectivity index (χ1) is 7.20. The van der Waals surface area contributed by atoms with E-state index in [0.717, 1.165) is 11.4 Å². The van der Waals surface area contributed by atoms with Crippen molar-refractivity contribution >= 4 is 11.6 Å². The van der Waals surface area contributed by atoms with Gasteiger partial charge in [-0.2, -0.15) is 0 Å². The summed E-state index contributed by atoms with van der Waals surface area (Å²) in [4.78, 5) is 13.1. The second kappa shape index (κ2) is 3.81. The number of ether oxygens (including phenoxy) is 1. The molecule has 15 heavy (non-hydrogen) atoms. The number of benzene rings is 1. The van der Waals surface area contributed by atoms with E-state index < -0.39 is 0 Å². The first-order valence-corrected chi connectivity index (χ1v) is 4.85. The van der Waals surface area contributed by atoms with E-state index in [-0.39, 0.29) is 11.9 Å². The van der Waals surface area contributed by atoms with Crippen LogP contribution in [-0.4, -0.2) is 25.6 Å². The number of carbonyl (C=O) groups is 1. The number of primary amides is 1. The molecule has 1 aliphatic rings. The van der Waals surface area contributed by atoms with Crippen molar-refractivity contribution in [1.29, 1.82) is 0 Å². The number of likely N-dealkylation sites (N-methyl/N-ethyl adjacent to an activating group) is 1. The highest BCUT2D eigenvalue weighted by molar-refractivity contribution is 5.84. The summed E-state index contributed by atoms with van der Waals surface area (Å²) in [7, 11) is 1.84. The monoisotopic (exact) mass is 205 g/mol. The number of carbonyl (C=O) groups excluding carboxylic acids is 1. The van der Waals surface area contributed by atoms with Gasteiger partial charge in [-0.25, -0.2) is 0 Å². The molecule has 2 rings (SSSR count). The van der Waals surface area contributed by atoms with Gasteiger partial charge >= 0.3 is 0 Å². The molecule has 1 aromatic rings. The Morgan fingerprint density at radius 1 is 1.73 bits per heavy atom. The van der Waals surface area contributed by atoms with E-state index >= 15 is 0 Å². The van der Waals surface area contributed by atoms with Crippen LogP contribution in [0.2, 0.25) is 0 Å². The van der Waals surface area contributed by atoms with Gasteiger partial charge in [0.05, 0.1) is 12.3 Å². The maximum absolute atomic E-state index is 11.2. The summed E-state index contributed by atoms with van der Waals surface area (Å²) in [5.74, 6) is 0.456. The lowest BCUT2D eigenvalue weighted by Gasteiger charge is -2.24. The first-order valence-electron chi connectivity index (χ1n) is 4.85. The van der Waals surface area contributed by atoms with Crippen LogP contribution in [0.3, 0.4) is 0 Å². The van der Waals surface area contributed by atoms with Gasteiger partial charge in [0, 0.05) is 13.5 Å². The van der Waals surface area contributed by atoms with Gasteiger partial charge in [0.2, 0.25) is 5.91 Å². The van der Waals surface area contributed by atoms with Crippen molar-refractivity contribution in [3.8, 4) is 5.75 Å². The summed E-state index contributed by atoms with van der Waals surface area (Å²) >= 11 is 0. The second-order valence-corrected chi connectivity index (χ2v) is 3.56. The van der Waals surface area contributed by atoms with E-state index in [1.54, 1.807) is 12.1 Å². The molecule has 1 heterocycles. The molecule has 0 aliphatic carbocycles. The summed E-state index contributed by atoms with van der Waals surface area (Å²) in [5, 5.41) is 0. The number of amides is 1. The van der Waals surface area contributed by atoms with Gasteiger partial charge in [-0.1, -0.05) is 6.07 Å². The number of hydrogen-bond donors (Lipinski definition) is 1. The Bertz CT molecular complexity index is 379. The Morgan fingerprint density at radius 3 is 3.27 bits per heavy atom. The zero-order valence-electron chi connectivity index (χ0n) is 8.56. The van der Waals surface area contributed by atoms with Gasteiger partial charge in [-0.05, 0) is 18.2 Å². The van der Waals surface area contributed by atoms with Crippen LogP contribution in [0.25, 0.3) is 0 Å². The Morgan fingerprint density at radius 2 is 2.53 bits per heavy atom. The highest BCUT2D eigenvalue weighted by Crippen LogP contribution is 2.31. The molecule has 79 valence electrons. The van der Waals surface area contributed by atoms with Gasteiger partial charge in [-0.15, -0.1) is 0 Å². The van der Waals surface area contributed by atoms with Gasteiger partial charge in [-0.3, -0.25) is 4.79 Å². The standard InChI is InChI=1S/C11H13N2O2/c1-13-8-4-2-3-5-10(8)15-7-6-9(13)11(12)14/h3-5,9H,6-7H2,1H3,(H2,12,14). The van der Waals surface area contributed by atoms with Crippen LogP contribution >= 0.6 is 0 Å². The number of nitrogens with two attached hydrogens (primary N) is 1. The van der Waals surface area contributed by atoms with Crippen molar-refractivity contribution in [3.63, 3.8) is 0 Å². The summed E-state index contributed by atoms with van der Waals surface area (Å²) in [6.45, 7) is 0.509. The molecule has 4 nitrogen and oxygen atoms in total. The minimum Gasteiger partial charge on any atom is -0.491 e. The Kier molecular flexibility index (Phi) is 2.49. The normalized spacial score (nSPS) is 20.1. The van der Waals surface area contributed by atoms with E-state index in [1.807, 2.05) is 18.0 Å². The van der Waals surface area contributed by atoms with E-state index in [0.29, 0.717) is 13.0 Å². The topological polar surface area (TPSA) is 55.6 Å². The molecule has 1 unspecified atom stereocenters. The molecule has 2 N–H and O–H groups in total. The number of anilines is 1. The van der Waals surface area contributed by atoms with Crippen LogP contribution in [0.1, 0.15) is 6.42 Å². The quantitative estimate of drug-likeness (QED) is 0.728. The lowest BCUT2D eigenvalue weighted by atomic mass is 10.1. The molecular weight excluding hydrogens is 192 g/mol. The summed E-state index contributed by atoms with van der Waals surface area (Å²) in [6, 6.07) is 8.09. The van der Waals surface area contributed by atoms with E-state index in [1.165, 1.54) is 0 Å². The van der Waals surface area contributed by atoms with E-state index in [9.17, 15) is 4.79 Å². The number of fused-ring (bicyclic) bond motifs is 1. The largest absolute Gasteiger partial charge is 0.491 e. The second-order valence-electron chi connectivity index (χ2n) is 3.56. The molecule has 4 heteroatoms. The van der Waals surface area contributed by atoms with Crippen LogP contribution in [0.4, 0.5) is 5.69 Å². The minimum absolute atomic E-state index is 0.304. The molecule has 0 spiro atoms. The Hall–Kier alpha value is -1.71. The van der Waals surface area contributed by atoms with Gasteiger partial charge in [0.15, 0.2) is 0 Å². The zero-order chi connectivity index (χ0) is 10.8. The molecule has 0 bridgehead atoms. The van der Waals surface area contributed by atoms with Crippen molar-refractivity contribution < 1.29 is 9.53 Å². The summed E-state index contributed by atoms with van der Waals surface area (Å²) < 4.78 is 5.53. The molecule has 1 radical (unpaired) electrons. The number of nitrogens with zero attached hydrogens (tertiary/aromatic N) is 1. The average molecular weight is 205 g/mol. The van der Waals surface area contributed by atoms with Gasteiger partial charge in [0.25, 0.3) is 0 Å². The molecular formula is C11H13N2O2. The minimum atomic E-state index is -0.321. The SMILES string of the molecule is CN1c2c[c]ccc2OCCC1C(N)=O. The first kappa shape index (κ1) is 9.83. The van der Waals surface area contributed by atoms with Gasteiger partial charge in [0.1, 0.15) is 11.8 Å². The molecule has 1 aromatic carbocycles. The molecule has 1 aliphatic heterocycles. The van der Waals surface area contributed by atoms with Gasteiger partial charge < -0.3 is 15.4 Å². The van der Waals surface area contributed by atoms with Crippen molar-refractivity contribution in [1.82, 2.24) is 0 Å². The van der Waals surface area contributed by atoms with Crippen LogP contribution in [0, 0.1) is 6.07 Å². The third-order valence-electron chi connectivity index (χ3n) is 2.63. The zero-order valence-corrected chi connectivity index (χ0v) is 8.56. The maximum atomic E-state index is 11.2. The fourth-order valence-electron chi connectivity index (χ4n) is 1.78. The van der Waals surface area contributed by atoms with Crippen LogP contribution in [0.15, 0.2) is 18.2 Å². The van der Waals surface area contributed by atoms with Crippen molar-refractivity contribution in [2.75, 3.05) is 18.6 Å². The number of rotatable bonds is 1. The predicted octanol–water partition coefficient (Wildman–Crippen LogP) is 0.559. The molecule has 0 aromatic heterocycles. The lowest BCUT2D eigenvalue weighted by Crippen LogP contribution is -2.42. The highest BCUT2D eigenvalue weighted by atomic mass is 16.5.